The zero-order valence-electron chi connectivity index (χ0n) is 18.6. The third-order valence-electron chi connectivity index (χ3n) is 4.99. The van der Waals surface area contributed by atoms with Gasteiger partial charge in [0.1, 0.15) is 18.4 Å². The van der Waals surface area contributed by atoms with E-state index in [-0.39, 0.29) is 12.5 Å². The Bertz CT molecular complexity index is 965. The number of para-hydroxylation sites is 1. The van der Waals surface area contributed by atoms with Crippen LogP contribution in [0.3, 0.4) is 0 Å². The molecule has 1 unspecified atom stereocenters. The summed E-state index contributed by atoms with van der Waals surface area (Å²) in [6, 6.07) is 27.9. The van der Waals surface area contributed by atoms with Crippen LogP contribution in [0.1, 0.15) is 24.0 Å². The van der Waals surface area contributed by atoms with Gasteiger partial charge in [-0.25, -0.2) is 4.79 Å². The summed E-state index contributed by atoms with van der Waals surface area (Å²) in [6.45, 7) is 1.23. The molecule has 3 aromatic carbocycles. The number of carbonyl (C=O) groups excluding carboxylic acids is 2. The van der Waals surface area contributed by atoms with E-state index in [2.05, 4.69) is 10.6 Å². The van der Waals surface area contributed by atoms with Crippen LogP contribution in [0.15, 0.2) is 91.0 Å². The molecule has 0 aliphatic heterocycles. The Morgan fingerprint density at radius 1 is 0.758 bits per heavy atom. The van der Waals surface area contributed by atoms with Gasteiger partial charge in [-0.3, -0.25) is 4.79 Å². The normalized spacial score (nSPS) is 11.3. The summed E-state index contributed by atoms with van der Waals surface area (Å²) >= 11 is 0. The van der Waals surface area contributed by atoms with Crippen molar-refractivity contribution < 1.29 is 19.1 Å². The van der Waals surface area contributed by atoms with Gasteiger partial charge in [0, 0.05) is 13.0 Å². The highest BCUT2D eigenvalue weighted by atomic mass is 16.5. The van der Waals surface area contributed by atoms with Crippen LogP contribution in [-0.2, 0) is 22.6 Å². The fraction of sp³-hybridized carbons (Fsp3) is 0.259. The zero-order chi connectivity index (χ0) is 23.1. The Morgan fingerprint density at radius 2 is 1.36 bits per heavy atom. The molecule has 0 saturated heterocycles. The molecule has 172 valence electrons. The summed E-state index contributed by atoms with van der Waals surface area (Å²) < 4.78 is 11.0. The van der Waals surface area contributed by atoms with Crippen LogP contribution in [0.2, 0.25) is 0 Å². The van der Waals surface area contributed by atoms with Crippen LogP contribution in [0.5, 0.6) is 5.75 Å². The molecule has 0 fully saturated rings. The second-order valence-corrected chi connectivity index (χ2v) is 7.61. The molecule has 0 aliphatic carbocycles. The fourth-order valence-corrected chi connectivity index (χ4v) is 3.23. The monoisotopic (exact) mass is 446 g/mol. The third kappa shape index (κ3) is 9.07. The minimum absolute atomic E-state index is 0.147. The van der Waals surface area contributed by atoms with Crippen LogP contribution < -0.4 is 15.4 Å². The van der Waals surface area contributed by atoms with E-state index in [1.165, 1.54) is 0 Å². The molecular weight excluding hydrogens is 416 g/mol. The number of carbonyl (C=O) groups is 2. The second kappa shape index (κ2) is 13.6. The van der Waals surface area contributed by atoms with Gasteiger partial charge in [0.25, 0.3) is 0 Å². The van der Waals surface area contributed by atoms with E-state index < -0.39 is 12.1 Å². The highest BCUT2D eigenvalue weighted by Gasteiger charge is 2.21. The van der Waals surface area contributed by atoms with Crippen molar-refractivity contribution in [2.45, 2.75) is 31.9 Å². The van der Waals surface area contributed by atoms with Crippen LogP contribution in [0.4, 0.5) is 4.79 Å². The van der Waals surface area contributed by atoms with Crippen molar-refractivity contribution in [2.24, 2.45) is 0 Å². The minimum atomic E-state index is -0.726. The van der Waals surface area contributed by atoms with Crippen molar-refractivity contribution in [1.82, 2.24) is 10.6 Å². The van der Waals surface area contributed by atoms with E-state index in [4.69, 9.17) is 9.47 Å². The lowest BCUT2D eigenvalue weighted by Crippen LogP contribution is -2.48. The number of hydrogen-bond donors (Lipinski definition) is 2. The Kier molecular flexibility index (Phi) is 9.81. The standard InChI is InChI=1S/C27H30N2O4/c30-26(28-18-10-11-19-32-24-16-8-3-9-17-24)25(20-22-12-4-1-5-13-22)29-27(31)33-21-23-14-6-2-7-15-23/h1-9,12-17,25H,10-11,18-21H2,(H,28,30)(H,29,31). The van der Waals surface area contributed by atoms with Crippen molar-refractivity contribution in [3.8, 4) is 5.75 Å². The van der Waals surface area contributed by atoms with Gasteiger partial charge in [-0.05, 0) is 36.1 Å². The molecule has 0 spiro atoms. The van der Waals surface area contributed by atoms with E-state index >= 15 is 0 Å². The van der Waals surface area contributed by atoms with Crippen LogP contribution >= 0.6 is 0 Å². The number of unbranched alkanes of at least 4 members (excludes halogenated alkanes) is 1. The molecular formula is C27H30N2O4. The Balaban J connectivity index is 1.44. The van der Waals surface area contributed by atoms with E-state index in [1.54, 1.807) is 0 Å². The van der Waals surface area contributed by atoms with Gasteiger partial charge < -0.3 is 20.1 Å². The van der Waals surface area contributed by atoms with Gasteiger partial charge in [-0.1, -0.05) is 78.9 Å². The molecule has 3 rings (SSSR count). The van der Waals surface area contributed by atoms with Gasteiger partial charge in [-0.15, -0.1) is 0 Å². The summed E-state index contributed by atoms with van der Waals surface area (Å²) in [7, 11) is 0. The minimum Gasteiger partial charge on any atom is -0.494 e. The zero-order valence-corrected chi connectivity index (χ0v) is 18.6. The summed E-state index contributed by atoms with van der Waals surface area (Å²) in [4.78, 5) is 25.1. The molecule has 0 bridgehead atoms. The highest BCUT2D eigenvalue weighted by Crippen LogP contribution is 2.09. The van der Waals surface area contributed by atoms with Gasteiger partial charge in [0.2, 0.25) is 5.91 Å². The van der Waals surface area contributed by atoms with Gasteiger partial charge >= 0.3 is 6.09 Å². The Hall–Kier alpha value is -3.80. The smallest absolute Gasteiger partial charge is 0.408 e. The predicted octanol–water partition coefficient (Wildman–Crippen LogP) is 4.50. The van der Waals surface area contributed by atoms with Crippen molar-refractivity contribution in [2.75, 3.05) is 13.2 Å². The number of amides is 2. The number of ether oxygens (including phenoxy) is 2. The quantitative estimate of drug-likeness (QED) is 0.402. The van der Waals surface area contributed by atoms with E-state index in [0.717, 1.165) is 29.7 Å². The Morgan fingerprint density at radius 3 is 2.03 bits per heavy atom. The van der Waals surface area contributed by atoms with Crippen LogP contribution in [0, 0.1) is 0 Å². The number of hydrogen-bond acceptors (Lipinski definition) is 4. The average molecular weight is 447 g/mol. The maximum atomic E-state index is 12.8. The second-order valence-electron chi connectivity index (χ2n) is 7.61. The van der Waals surface area contributed by atoms with Crippen molar-refractivity contribution in [1.29, 1.82) is 0 Å². The van der Waals surface area contributed by atoms with Crippen LogP contribution in [-0.4, -0.2) is 31.2 Å². The highest BCUT2D eigenvalue weighted by molar-refractivity contribution is 5.85. The molecule has 3 aromatic rings. The predicted molar refractivity (Wildman–Crippen MR) is 128 cm³/mol. The molecule has 0 aromatic heterocycles. The summed E-state index contributed by atoms with van der Waals surface area (Å²) in [5, 5.41) is 5.63. The lowest BCUT2D eigenvalue weighted by atomic mass is 10.1. The lowest BCUT2D eigenvalue weighted by molar-refractivity contribution is -0.123. The van der Waals surface area contributed by atoms with Gasteiger partial charge in [-0.2, -0.15) is 0 Å². The lowest BCUT2D eigenvalue weighted by Gasteiger charge is -2.18. The first kappa shape index (κ1) is 23.9. The average Bonchev–Trinajstić information content (AvgIpc) is 2.86. The molecule has 0 radical (unpaired) electrons. The van der Waals surface area contributed by atoms with Crippen molar-refractivity contribution in [3.05, 3.63) is 102 Å². The first-order chi connectivity index (χ1) is 16.2. The molecule has 33 heavy (non-hydrogen) atoms. The van der Waals surface area contributed by atoms with E-state index in [0.29, 0.717) is 19.6 Å². The summed E-state index contributed by atoms with van der Waals surface area (Å²) in [5.41, 5.74) is 1.84. The number of alkyl carbamates (subject to hydrolysis) is 1. The van der Waals surface area contributed by atoms with E-state index in [9.17, 15) is 9.59 Å². The van der Waals surface area contributed by atoms with E-state index in [1.807, 2.05) is 91.0 Å². The fourth-order valence-electron chi connectivity index (χ4n) is 3.23. The Labute approximate surface area is 194 Å². The molecule has 0 saturated carbocycles. The SMILES string of the molecule is O=C(NC(Cc1ccccc1)C(=O)NCCCCOc1ccccc1)OCc1ccccc1. The largest absolute Gasteiger partial charge is 0.494 e. The first-order valence-electron chi connectivity index (χ1n) is 11.2. The first-order valence-corrected chi connectivity index (χ1v) is 11.2. The molecule has 0 heterocycles. The molecule has 6 nitrogen and oxygen atoms in total. The molecule has 6 heteroatoms. The summed E-state index contributed by atoms with van der Waals surface area (Å²) in [6.07, 6.45) is 1.34. The molecule has 2 N–H and O–H groups in total. The summed E-state index contributed by atoms with van der Waals surface area (Å²) in [5.74, 6) is 0.599. The number of rotatable bonds is 12. The topological polar surface area (TPSA) is 76.7 Å². The third-order valence-corrected chi connectivity index (χ3v) is 4.99. The van der Waals surface area contributed by atoms with Gasteiger partial charge in [0.05, 0.1) is 6.61 Å². The maximum Gasteiger partial charge on any atom is 0.408 e. The molecule has 2 amide bonds. The number of benzene rings is 3. The number of nitrogens with one attached hydrogen (secondary N) is 2. The van der Waals surface area contributed by atoms with Crippen molar-refractivity contribution in [3.63, 3.8) is 0 Å². The van der Waals surface area contributed by atoms with Gasteiger partial charge in [0.15, 0.2) is 0 Å². The maximum absolute atomic E-state index is 12.8. The van der Waals surface area contributed by atoms with Crippen molar-refractivity contribution >= 4 is 12.0 Å². The molecule has 0 aliphatic rings. The van der Waals surface area contributed by atoms with Crippen LogP contribution in [0.25, 0.3) is 0 Å². The molecule has 1 atom stereocenters.